The van der Waals surface area contributed by atoms with E-state index in [1.165, 1.54) is 22.4 Å². The van der Waals surface area contributed by atoms with Crippen molar-refractivity contribution in [1.29, 1.82) is 0 Å². The molecule has 3 heteroatoms. The molecule has 0 aliphatic carbocycles. The molecule has 0 bridgehead atoms. The third-order valence-electron chi connectivity index (χ3n) is 4.86. The lowest BCUT2D eigenvalue weighted by molar-refractivity contribution is -0.671. The maximum atomic E-state index is 5.71. The summed E-state index contributed by atoms with van der Waals surface area (Å²) < 4.78 is 5.71. The fourth-order valence-corrected chi connectivity index (χ4v) is 3.24. The van der Waals surface area contributed by atoms with Crippen LogP contribution in [-0.2, 0) is 6.54 Å². The summed E-state index contributed by atoms with van der Waals surface area (Å²) in [5.41, 5.74) is 5.22. The Morgan fingerprint density at radius 1 is 0.962 bits per heavy atom. The minimum absolute atomic E-state index is 0.318. The summed E-state index contributed by atoms with van der Waals surface area (Å²) in [6, 6.07) is 21.7. The predicted octanol–water partition coefficient (Wildman–Crippen LogP) is 3.94. The molecule has 1 heterocycles. The molecule has 2 aromatic carbocycles. The maximum absolute atomic E-state index is 5.71. The quantitative estimate of drug-likeness (QED) is 0.625. The van der Waals surface area contributed by atoms with Gasteiger partial charge in [-0.05, 0) is 36.8 Å². The van der Waals surface area contributed by atoms with Gasteiger partial charge in [0.2, 0.25) is 0 Å². The van der Waals surface area contributed by atoms with Crippen LogP contribution >= 0.6 is 0 Å². The molecule has 136 valence electrons. The van der Waals surface area contributed by atoms with Gasteiger partial charge in [0.05, 0.1) is 12.8 Å². The van der Waals surface area contributed by atoms with Gasteiger partial charge in [-0.25, -0.2) is 0 Å². The average molecular weight is 349 g/mol. The van der Waals surface area contributed by atoms with Crippen molar-refractivity contribution in [2.24, 2.45) is 0 Å². The van der Waals surface area contributed by atoms with Crippen LogP contribution in [0, 0.1) is 6.92 Å². The van der Waals surface area contributed by atoms with Crippen molar-refractivity contribution >= 4 is 5.69 Å². The van der Waals surface area contributed by atoms with Crippen molar-refractivity contribution < 1.29 is 9.73 Å². The number of anilines is 1. The van der Waals surface area contributed by atoms with Gasteiger partial charge >= 0.3 is 0 Å². The minimum Gasteiger partial charge on any atom is -0.469 e. The summed E-state index contributed by atoms with van der Waals surface area (Å²) in [6.45, 7) is 4.20. The van der Waals surface area contributed by atoms with Crippen molar-refractivity contribution in [2.75, 3.05) is 25.5 Å². The van der Waals surface area contributed by atoms with Gasteiger partial charge in [-0.15, -0.1) is 0 Å². The highest BCUT2D eigenvalue weighted by Gasteiger charge is 2.17. The van der Waals surface area contributed by atoms with E-state index < -0.39 is 0 Å². The van der Waals surface area contributed by atoms with E-state index >= 15 is 0 Å². The van der Waals surface area contributed by atoms with Crippen molar-refractivity contribution in [3.8, 4) is 0 Å². The number of aryl methyl sites for hydroxylation is 1. The van der Waals surface area contributed by atoms with E-state index in [0.29, 0.717) is 5.92 Å². The monoisotopic (exact) mass is 349 g/mol. The number of nitrogens with zero attached hydrogens (tertiary/aromatic N) is 1. The predicted molar refractivity (Wildman–Crippen MR) is 108 cm³/mol. The molecule has 3 nitrogen and oxygen atoms in total. The lowest BCUT2D eigenvalue weighted by Crippen LogP contribution is -2.82. The van der Waals surface area contributed by atoms with Gasteiger partial charge in [-0.2, -0.15) is 0 Å². The van der Waals surface area contributed by atoms with Crippen molar-refractivity contribution in [1.82, 2.24) is 0 Å². The molecule has 0 amide bonds. The Morgan fingerprint density at radius 3 is 2.31 bits per heavy atom. The molecular formula is C23H29N2O+. The summed E-state index contributed by atoms with van der Waals surface area (Å²) in [4.78, 5) is 2.13. The van der Waals surface area contributed by atoms with Gasteiger partial charge in [0.25, 0.3) is 0 Å². The Kier molecular flexibility index (Phi) is 6.13. The van der Waals surface area contributed by atoms with E-state index in [1.54, 1.807) is 6.26 Å². The summed E-state index contributed by atoms with van der Waals surface area (Å²) in [7, 11) is 4.14. The molecule has 0 saturated carbocycles. The van der Waals surface area contributed by atoms with Gasteiger partial charge in [-0.3, -0.25) is 0 Å². The zero-order valence-electron chi connectivity index (χ0n) is 16.0. The Labute approximate surface area is 156 Å². The summed E-state index contributed by atoms with van der Waals surface area (Å²) in [5, 5.41) is 2.38. The SMILES string of the molecule is Cc1ccc([C@H](CC[NH2+]Cc2ccc(N(C)C)cc2)c2ccco2)cc1. The van der Waals surface area contributed by atoms with E-state index in [-0.39, 0.29) is 0 Å². The second kappa shape index (κ2) is 8.72. The Bertz CT molecular complexity index is 774. The van der Waals surface area contributed by atoms with Crippen molar-refractivity contribution in [2.45, 2.75) is 25.8 Å². The first-order valence-electron chi connectivity index (χ1n) is 9.31. The molecule has 0 fully saturated rings. The van der Waals surface area contributed by atoms with Crippen LogP contribution < -0.4 is 10.2 Å². The molecule has 0 spiro atoms. The standard InChI is InChI=1S/C23H28N2O/c1-18-6-10-20(11-7-18)22(23-5-4-16-26-23)14-15-24-17-19-8-12-21(13-9-19)25(2)3/h4-13,16,22,24H,14-15,17H2,1-3H3/p+1/t22-/m0/s1. The molecular weight excluding hydrogens is 320 g/mol. The molecule has 3 rings (SSSR count). The van der Waals surface area contributed by atoms with Crippen LogP contribution in [-0.4, -0.2) is 20.6 Å². The topological polar surface area (TPSA) is 33.0 Å². The first-order chi connectivity index (χ1) is 12.6. The third kappa shape index (κ3) is 4.77. The van der Waals surface area contributed by atoms with Crippen LogP contribution in [0.2, 0.25) is 0 Å². The van der Waals surface area contributed by atoms with Crippen LogP contribution in [0.15, 0.2) is 71.3 Å². The largest absolute Gasteiger partial charge is 0.469 e. The molecule has 2 N–H and O–H groups in total. The molecule has 26 heavy (non-hydrogen) atoms. The number of hydrogen-bond donors (Lipinski definition) is 1. The molecule has 0 aliphatic rings. The number of rotatable bonds is 8. The number of furan rings is 1. The first kappa shape index (κ1) is 18.3. The van der Waals surface area contributed by atoms with Crippen LogP contribution in [0.1, 0.15) is 34.8 Å². The van der Waals surface area contributed by atoms with Gasteiger partial charge in [0.15, 0.2) is 0 Å². The van der Waals surface area contributed by atoms with E-state index in [2.05, 4.69) is 85.8 Å². The van der Waals surface area contributed by atoms with Crippen molar-refractivity contribution in [3.63, 3.8) is 0 Å². The van der Waals surface area contributed by atoms with E-state index in [0.717, 1.165) is 25.3 Å². The van der Waals surface area contributed by atoms with E-state index in [1.807, 2.05) is 6.07 Å². The molecule has 0 saturated heterocycles. The second-order valence-corrected chi connectivity index (χ2v) is 7.11. The average Bonchev–Trinajstić information content (AvgIpc) is 3.17. The highest BCUT2D eigenvalue weighted by Crippen LogP contribution is 2.28. The van der Waals surface area contributed by atoms with Crippen LogP contribution in [0.3, 0.4) is 0 Å². The van der Waals surface area contributed by atoms with Gasteiger partial charge < -0.3 is 14.6 Å². The zero-order chi connectivity index (χ0) is 18.4. The highest BCUT2D eigenvalue weighted by molar-refractivity contribution is 5.45. The smallest absolute Gasteiger partial charge is 0.111 e. The number of benzene rings is 2. The molecule has 3 aromatic rings. The zero-order valence-corrected chi connectivity index (χ0v) is 16.0. The van der Waals surface area contributed by atoms with E-state index in [4.69, 9.17) is 4.42 Å². The third-order valence-corrected chi connectivity index (χ3v) is 4.86. The Hall–Kier alpha value is -2.52. The summed E-state index contributed by atoms with van der Waals surface area (Å²) in [6.07, 6.45) is 2.83. The fraction of sp³-hybridized carbons (Fsp3) is 0.304. The lowest BCUT2D eigenvalue weighted by Gasteiger charge is -2.15. The minimum atomic E-state index is 0.318. The molecule has 0 unspecified atom stereocenters. The van der Waals surface area contributed by atoms with Crippen LogP contribution in [0.4, 0.5) is 5.69 Å². The number of nitrogens with two attached hydrogens (primary N) is 1. The molecule has 1 aromatic heterocycles. The number of quaternary nitrogens is 1. The van der Waals surface area contributed by atoms with Gasteiger partial charge in [-0.1, -0.05) is 42.0 Å². The maximum Gasteiger partial charge on any atom is 0.111 e. The highest BCUT2D eigenvalue weighted by atomic mass is 16.3. The molecule has 0 aliphatic heterocycles. The Morgan fingerprint density at radius 2 is 1.69 bits per heavy atom. The van der Waals surface area contributed by atoms with Gasteiger partial charge in [0, 0.05) is 37.7 Å². The van der Waals surface area contributed by atoms with Gasteiger partial charge in [0.1, 0.15) is 12.3 Å². The van der Waals surface area contributed by atoms with Crippen LogP contribution in [0.5, 0.6) is 0 Å². The normalized spacial score (nSPS) is 12.1. The fourth-order valence-electron chi connectivity index (χ4n) is 3.24. The molecule has 1 atom stereocenters. The molecule has 0 radical (unpaired) electrons. The van der Waals surface area contributed by atoms with Crippen molar-refractivity contribution in [3.05, 3.63) is 89.4 Å². The van der Waals surface area contributed by atoms with Crippen LogP contribution in [0.25, 0.3) is 0 Å². The second-order valence-electron chi connectivity index (χ2n) is 7.11. The number of hydrogen-bond acceptors (Lipinski definition) is 2. The summed E-state index contributed by atoms with van der Waals surface area (Å²) >= 11 is 0. The lowest BCUT2D eigenvalue weighted by atomic mass is 9.92. The first-order valence-corrected chi connectivity index (χ1v) is 9.31. The summed E-state index contributed by atoms with van der Waals surface area (Å²) in [5.74, 6) is 1.37. The Balaban J connectivity index is 1.57. The van der Waals surface area contributed by atoms with E-state index in [9.17, 15) is 0 Å².